The summed E-state index contributed by atoms with van der Waals surface area (Å²) in [4.78, 5) is 2.31. The standard InChI is InChI=1S/C14H22N2O2/c1-18-12-4-5-13(15)14(9-12)16-7-2-3-11(10-16)6-8-17/h4-5,9,11,17H,2-3,6-8,10,15H2,1H3. The van der Waals surface area contributed by atoms with Crippen molar-refractivity contribution in [3.05, 3.63) is 18.2 Å². The van der Waals surface area contributed by atoms with Gasteiger partial charge in [0.1, 0.15) is 5.75 Å². The van der Waals surface area contributed by atoms with Crippen LogP contribution in [0.1, 0.15) is 19.3 Å². The molecule has 4 heteroatoms. The zero-order chi connectivity index (χ0) is 13.0. The number of rotatable bonds is 4. The molecule has 1 aromatic rings. The SMILES string of the molecule is COc1ccc(N)c(N2CCCC(CCO)C2)c1. The molecule has 3 N–H and O–H groups in total. The molecule has 0 aliphatic carbocycles. The van der Waals surface area contributed by atoms with Gasteiger partial charge in [-0.1, -0.05) is 0 Å². The van der Waals surface area contributed by atoms with Crippen molar-refractivity contribution in [3.63, 3.8) is 0 Å². The number of aliphatic hydroxyl groups is 1. The second kappa shape index (κ2) is 5.96. The summed E-state index contributed by atoms with van der Waals surface area (Å²) in [6, 6.07) is 5.77. The maximum atomic E-state index is 9.05. The molecule has 2 rings (SSSR count). The van der Waals surface area contributed by atoms with Crippen LogP contribution in [0.25, 0.3) is 0 Å². The number of nitrogens with two attached hydrogens (primary N) is 1. The molecule has 1 unspecified atom stereocenters. The first-order chi connectivity index (χ1) is 8.74. The van der Waals surface area contributed by atoms with E-state index in [0.29, 0.717) is 5.92 Å². The number of ether oxygens (including phenoxy) is 1. The van der Waals surface area contributed by atoms with E-state index >= 15 is 0 Å². The summed E-state index contributed by atoms with van der Waals surface area (Å²) in [5.74, 6) is 1.40. The van der Waals surface area contributed by atoms with Crippen molar-refractivity contribution in [3.8, 4) is 5.75 Å². The lowest BCUT2D eigenvalue weighted by Gasteiger charge is -2.35. The maximum absolute atomic E-state index is 9.05. The topological polar surface area (TPSA) is 58.7 Å². The van der Waals surface area contributed by atoms with E-state index in [0.717, 1.165) is 43.1 Å². The van der Waals surface area contributed by atoms with Crippen molar-refractivity contribution in [2.75, 3.05) is 37.4 Å². The molecule has 0 radical (unpaired) electrons. The van der Waals surface area contributed by atoms with Crippen molar-refractivity contribution in [1.82, 2.24) is 0 Å². The molecular formula is C14H22N2O2. The second-order valence-electron chi connectivity index (χ2n) is 4.89. The Hall–Kier alpha value is -1.42. The van der Waals surface area contributed by atoms with Crippen molar-refractivity contribution in [2.45, 2.75) is 19.3 Å². The molecule has 4 nitrogen and oxygen atoms in total. The summed E-state index contributed by atoms with van der Waals surface area (Å²) in [6.45, 7) is 2.27. The van der Waals surface area contributed by atoms with E-state index in [4.69, 9.17) is 15.6 Å². The predicted octanol–water partition coefficient (Wildman–Crippen LogP) is 1.88. The molecule has 1 aliphatic heterocycles. The van der Waals surface area contributed by atoms with E-state index in [1.165, 1.54) is 6.42 Å². The van der Waals surface area contributed by atoms with Crippen molar-refractivity contribution in [2.24, 2.45) is 5.92 Å². The highest BCUT2D eigenvalue weighted by Crippen LogP contribution is 2.32. The Labute approximate surface area is 108 Å². The van der Waals surface area contributed by atoms with Gasteiger partial charge in [-0.3, -0.25) is 0 Å². The lowest BCUT2D eigenvalue weighted by atomic mass is 9.94. The molecule has 100 valence electrons. The monoisotopic (exact) mass is 250 g/mol. The molecule has 1 fully saturated rings. The molecular weight excluding hydrogens is 228 g/mol. The smallest absolute Gasteiger partial charge is 0.121 e. The van der Waals surface area contributed by atoms with Gasteiger partial charge in [0.05, 0.1) is 18.5 Å². The van der Waals surface area contributed by atoms with Gasteiger partial charge in [-0.05, 0) is 37.3 Å². The molecule has 1 heterocycles. The summed E-state index contributed by atoms with van der Waals surface area (Å²) in [5, 5.41) is 9.05. The van der Waals surface area contributed by atoms with Gasteiger partial charge in [0, 0.05) is 25.8 Å². The minimum atomic E-state index is 0.270. The predicted molar refractivity (Wildman–Crippen MR) is 74.0 cm³/mol. The summed E-state index contributed by atoms with van der Waals surface area (Å²) in [6.07, 6.45) is 3.22. The van der Waals surface area contributed by atoms with Crippen LogP contribution in [-0.4, -0.2) is 31.9 Å². The van der Waals surface area contributed by atoms with Gasteiger partial charge in [0.15, 0.2) is 0 Å². The average Bonchev–Trinajstić information content (AvgIpc) is 2.40. The van der Waals surface area contributed by atoms with Crippen LogP contribution in [-0.2, 0) is 0 Å². The fraction of sp³-hybridized carbons (Fsp3) is 0.571. The quantitative estimate of drug-likeness (QED) is 0.801. The third-order valence-corrected chi connectivity index (χ3v) is 3.63. The zero-order valence-electron chi connectivity index (χ0n) is 10.9. The van der Waals surface area contributed by atoms with Gasteiger partial charge in [-0.15, -0.1) is 0 Å². The minimum Gasteiger partial charge on any atom is -0.497 e. The zero-order valence-corrected chi connectivity index (χ0v) is 10.9. The first kappa shape index (κ1) is 13.0. The molecule has 1 aliphatic rings. The highest BCUT2D eigenvalue weighted by atomic mass is 16.5. The fourth-order valence-electron chi connectivity index (χ4n) is 2.63. The summed E-state index contributed by atoms with van der Waals surface area (Å²) in [5.41, 5.74) is 7.89. The molecule has 1 atom stereocenters. The van der Waals surface area contributed by atoms with Crippen LogP contribution in [0.2, 0.25) is 0 Å². The van der Waals surface area contributed by atoms with Gasteiger partial charge in [0.25, 0.3) is 0 Å². The van der Waals surface area contributed by atoms with Crippen LogP contribution >= 0.6 is 0 Å². The molecule has 18 heavy (non-hydrogen) atoms. The number of nitrogen functional groups attached to an aromatic ring is 1. The number of hydrogen-bond acceptors (Lipinski definition) is 4. The van der Waals surface area contributed by atoms with Gasteiger partial charge >= 0.3 is 0 Å². The molecule has 0 bridgehead atoms. The molecule has 0 amide bonds. The first-order valence-corrected chi connectivity index (χ1v) is 6.54. The number of aliphatic hydroxyl groups excluding tert-OH is 1. The van der Waals surface area contributed by atoms with Crippen LogP contribution in [0, 0.1) is 5.92 Å². The highest BCUT2D eigenvalue weighted by Gasteiger charge is 2.21. The lowest BCUT2D eigenvalue weighted by Crippen LogP contribution is -2.36. The molecule has 0 aromatic heterocycles. The minimum absolute atomic E-state index is 0.270. The molecule has 1 saturated heterocycles. The van der Waals surface area contributed by atoms with E-state index in [9.17, 15) is 0 Å². The Morgan fingerprint density at radius 2 is 2.33 bits per heavy atom. The number of piperidine rings is 1. The van der Waals surface area contributed by atoms with Gasteiger partial charge < -0.3 is 20.5 Å². The van der Waals surface area contributed by atoms with Crippen LogP contribution in [0.15, 0.2) is 18.2 Å². The average molecular weight is 250 g/mol. The van der Waals surface area contributed by atoms with Gasteiger partial charge in [-0.2, -0.15) is 0 Å². The van der Waals surface area contributed by atoms with Crippen LogP contribution in [0.5, 0.6) is 5.75 Å². The summed E-state index contributed by atoms with van der Waals surface area (Å²) >= 11 is 0. The van der Waals surface area contributed by atoms with Gasteiger partial charge in [-0.25, -0.2) is 0 Å². The number of hydrogen-bond donors (Lipinski definition) is 2. The molecule has 0 spiro atoms. The van der Waals surface area contributed by atoms with E-state index in [-0.39, 0.29) is 6.61 Å². The third-order valence-electron chi connectivity index (χ3n) is 3.63. The van der Waals surface area contributed by atoms with E-state index in [2.05, 4.69) is 4.90 Å². The summed E-state index contributed by atoms with van der Waals surface area (Å²) < 4.78 is 5.25. The molecule has 0 saturated carbocycles. The number of benzene rings is 1. The number of anilines is 2. The lowest BCUT2D eigenvalue weighted by molar-refractivity contribution is 0.244. The fourth-order valence-corrected chi connectivity index (χ4v) is 2.63. The normalized spacial score (nSPS) is 19.9. The van der Waals surface area contributed by atoms with Crippen LogP contribution in [0.4, 0.5) is 11.4 Å². The van der Waals surface area contributed by atoms with Crippen molar-refractivity contribution >= 4 is 11.4 Å². The van der Waals surface area contributed by atoms with Gasteiger partial charge in [0.2, 0.25) is 0 Å². The highest BCUT2D eigenvalue weighted by molar-refractivity contribution is 5.69. The van der Waals surface area contributed by atoms with E-state index < -0.39 is 0 Å². The van der Waals surface area contributed by atoms with Crippen molar-refractivity contribution in [1.29, 1.82) is 0 Å². The Balaban J connectivity index is 2.14. The molecule has 1 aromatic carbocycles. The largest absolute Gasteiger partial charge is 0.497 e. The second-order valence-corrected chi connectivity index (χ2v) is 4.89. The number of methoxy groups -OCH3 is 1. The maximum Gasteiger partial charge on any atom is 0.121 e. The third kappa shape index (κ3) is 2.88. The van der Waals surface area contributed by atoms with E-state index in [1.807, 2.05) is 18.2 Å². The summed E-state index contributed by atoms with van der Waals surface area (Å²) in [7, 11) is 1.67. The van der Waals surface area contributed by atoms with Crippen LogP contribution < -0.4 is 15.4 Å². The van der Waals surface area contributed by atoms with Crippen LogP contribution in [0.3, 0.4) is 0 Å². The number of nitrogens with zero attached hydrogens (tertiary/aromatic N) is 1. The Morgan fingerprint density at radius 1 is 1.50 bits per heavy atom. The Kier molecular flexibility index (Phi) is 4.31. The van der Waals surface area contributed by atoms with E-state index in [1.54, 1.807) is 7.11 Å². The first-order valence-electron chi connectivity index (χ1n) is 6.54. The Morgan fingerprint density at radius 3 is 3.06 bits per heavy atom. The van der Waals surface area contributed by atoms with Crippen molar-refractivity contribution < 1.29 is 9.84 Å². The Bertz CT molecular complexity index is 393.